The second-order valence-corrected chi connectivity index (χ2v) is 8.29. The van der Waals surface area contributed by atoms with Gasteiger partial charge in [-0.2, -0.15) is 4.98 Å². The summed E-state index contributed by atoms with van der Waals surface area (Å²) in [5, 5.41) is 4.01. The highest BCUT2D eigenvalue weighted by Gasteiger charge is 2.31. The van der Waals surface area contributed by atoms with Crippen molar-refractivity contribution in [3.8, 4) is 0 Å². The van der Waals surface area contributed by atoms with Crippen LogP contribution in [0.2, 0.25) is 0 Å². The molecule has 2 aromatic rings. The van der Waals surface area contributed by atoms with E-state index >= 15 is 0 Å². The molecule has 1 aromatic heterocycles. The Balaban J connectivity index is 1.47. The number of carbonyl (C=O) groups is 2. The molecule has 0 N–H and O–H groups in total. The Labute approximate surface area is 178 Å². The van der Waals surface area contributed by atoms with Crippen LogP contribution in [0.1, 0.15) is 63.2 Å². The first-order chi connectivity index (χ1) is 14.4. The normalized spacial score (nSPS) is 16.3. The zero-order chi connectivity index (χ0) is 21.5. The number of amides is 2. The van der Waals surface area contributed by atoms with Crippen molar-refractivity contribution in [2.45, 2.75) is 64.8 Å². The molecule has 0 spiro atoms. The Morgan fingerprint density at radius 2 is 2.00 bits per heavy atom. The van der Waals surface area contributed by atoms with Crippen LogP contribution < -0.4 is 0 Å². The van der Waals surface area contributed by atoms with E-state index in [1.807, 2.05) is 41.8 Å². The van der Waals surface area contributed by atoms with Gasteiger partial charge in [0.05, 0.1) is 6.04 Å². The van der Waals surface area contributed by atoms with Crippen molar-refractivity contribution in [1.29, 1.82) is 0 Å². The van der Waals surface area contributed by atoms with Crippen LogP contribution in [0.25, 0.3) is 0 Å². The summed E-state index contributed by atoms with van der Waals surface area (Å²) in [5.74, 6) is 1.62. The SMILES string of the molecule is CC(=O)N(CCc1noc(C(C)C)n1)C1CCN(C(=O)CCCc2ccccc2)C1. The highest BCUT2D eigenvalue weighted by atomic mass is 16.5. The van der Waals surface area contributed by atoms with E-state index in [9.17, 15) is 9.59 Å². The molecule has 1 aliphatic rings. The molecule has 162 valence electrons. The number of hydrogen-bond donors (Lipinski definition) is 0. The lowest BCUT2D eigenvalue weighted by atomic mass is 10.1. The molecule has 30 heavy (non-hydrogen) atoms. The molecule has 1 saturated heterocycles. The van der Waals surface area contributed by atoms with Gasteiger partial charge in [-0.15, -0.1) is 0 Å². The number of aromatic nitrogens is 2. The number of likely N-dealkylation sites (tertiary alicyclic amines) is 1. The minimum atomic E-state index is 0.0194. The summed E-state index contributed by atoms with van der Waals surface area (Å²) in [7, 11) is 0. The van der Waals surface area contributed by atoms with E-state index in [0.717, 1.165) is 19.3 Å². The Bertz CT molecular complexity index is 834. The number of carbonyl (C=O) groups excluding carboxylic acids is 2. The fourth-order valence-electron chi connectivity index (χ4n) is 3.89. The van der Waals surface area contributed by atoms with E-state index in [4.69, 9.17) is 4.52 Å². The lowest BCUT2D eigenvalue weighted by Crippen LogP contribution is -2.42. The monoisotopic (exact) mass is 412 g/mol. The van der Waals surface area contributed by atoms with Gasteiger partial charge in [0.25, 0.3) is 0 Å². The van der Waals surface area contributed by atoms with Gasteiger partial charge in [0.2, 0.25) is 17.7 Å². The largest absolute Gasteiger partial charge is 0.341 e. The molecule has 1 unspecified atom stereocenters. The number of aryl methyl sites for hydroxylation is 1. The highest BCUT2D eigenvalue weighted by Crippen LogP contribution is 2.19. The third-order valence-electron chi connectivity index (χ3n) is 5.61. The molecule has 1 fully saturated rings. The predicted octanol–water partition coefficient (Wildman–Crippen LogP) is 3.21. The molecule has 2 amide bonds. The van der Waals surface area contributed by atoms with E-state index in [1.54, 1.807) is 6.92 Å². The van der Waals surface area contributed by atoms with E-state index in [-0.39, 0.29) is 23.8 Å². The molecule has 0 saturated carbocycles. The molecule has 2 heterocycles. The van der Waals surface area contributed by atoms with E-state index in [0.29, 0.717) is 44.2 Å². The van der Waals surface area contributed by atoms with Gasteiger partial charge in [-0.3, -0.25) is 9.59 Å². The van der Waals surface area contributed by atoms with Gasteiger partial charge in [-0.1, -0.05) is 49.3 Å². The average molecular weight is 413 g/mol. The first-order valence-corrected chi connectivity index (χ1v) is 10.9. The first kappa shape index (κ1) is 22.0. The summed E-state index contributed by atoms with van der Waals surface area (Å²) in [6.45, 7) is 7.44. The van der Waals surface area contributed by atoms with Crippen LogP contribution in [0.5, 0.6) is 0 Å². The van der Waals surface area contributed by atoms with Crippen LogP contribution in [0.3, 0.4) is 0 Å². The van der Waals surface area contributed by atoms with E-state index in [1.165, 1.54) is 5.56 Å². The minimum Gasteiger partial charge on any atom is -0.341 e. The Morgan fingerprint density at radius 3 is 2.67 bits per heavy atom. The molecule has 0 radical (unpaired) electrons. The molecule has 0 bridgehead atoms. The maximum absolute atomic E-state index is 12.6. The number of rotatable bonds is 9. The molecule has 0 aliphatic carbocycles. The van der Waals surface area contributed by atoms with Gasteiger partial charge in [-0.25, -0.2) is 0 Å². The summed E-state index contributed by atoms with van der Waals surface area (Å²) in [6, 6.07) is 10.3. The summed E-state index contributed by atoms with van der Waals surface area (Å²) in [6.07, 6.45) is 3.66. The third kappa shape index (κ3) is 5.90. The highest BCUT2D eigenvalue weighted by molar-refractivity contribution is 5.77. The zero-order valence-electron chi connectivity index (χ0n) is 18.2. The third-order valence-corrected chi connectivity index (χ3v) is 5.61. The van der Waals surface area contributed by atoms with Gasteiger partial charge in [0.1, 0.15) is 0 Å². The van der Waals surface area contributed by atoms with Crippen molar-refractivity contribution in [3.63, 3.8) is 0 Å². The molecule has 7 nitrogen and oxygen atoms in total. The smallest absolute Gasteiger partial charge is 0.229 e. The maximum Gasteiger partial charge on any atom is 0.229 e. The van der Waals surface area contributed by atoms with Crippen LogP contribution >= 0.6 is 0 Å². The van der Waals surface area contributed by atoms with Crippen molar-refractivity contribution in [1.82, 2.24) is 19.9 Å². The van der Waals surface area contributed by atoms with Crippen LogP contribution in [0.4, 0.5) is 0 Å². The molecular formula is C23H32N4O3. The van der Waals surface area contributed by atoms with Crippen LogP contribution in [0, 0.1) is 0 Å². The average Bonchev–Trinajstić information content (AvgIpc) is 3.39. The van der Waals surface area contributed by atoms with E-state index in [2.05, 4.69) is 22.3 Å². The van der Waals surface area contributed by atoms with Crippen molar-refractivity contribution in [3.05, 3.63) is 47.6 Å². The van der Waals surface area contributed by atoms with Gasteiger partial charge in [0.15, 0.2) is 5.82 Å². The van der Waals surface area contributed by atoms with E-state index < -0.39 is 0 Å². The van der Waals surface area contributed by atoms with Crippen LogP contribution in [0.15, 0.2) is 34.9 Å². The van der Waals surface area contributed by atoms with Crippen molar-refractivity contribution in [2.24, 2.45) is 0 Å². The van der Waals surface area contributed by atoms with Gasteiger partial charge in [0, 0.05) is 45.3 Å². The molecule has 3 rings (SSSR count). The lowest BCUT2D eigenvalue weighted by Gasteiger charge is -2.27. The molecule has 1 atom stereocenters. The summed E-state index contributed by atoms with van der Waals surface area (Å²) < 4.78 is 5.24. The van der Waals surface area contributed by atoms with Gasteiger partial charge >= 0.3 is 0 Å². The van der Waals surface area contributed by atoms with Gasteiger partial charge < -0.3 is 14.3 Å². The van der Waals surface area contributed by atoms with Crippen LogP contribution in [-0.4, -0.2) is 57.4 Å². The molecular weight excluding hydrogens is 380 g/mol. The lowest BCUT2D eigenvalue weighted by molar-refractivity contribution is -0.133. The summed E-state index contributed by atoms with van der Waals surface area (Å²) in [5.41, 5.74) is 1.26. The molecule has 1 aliphatic heterocycles. The predicted molar refractivity (Wildman–Crippen MR) is 114 cm³/mol. The maximum atomic E-state index is 12.6. The summed E-state index contributed by atoms with van der Waals surface area (Å²) in [4.78, 5) is 33.0. The molecule has 7 heteroatoms. The number of hydrogen-bond acceptors (Lipinski definition) is 5. The van der Waals surface area contributed by atoms with Crippen molar-refractivity contribution in [2.75, 3.05) is 19.6 Å². The number of benzene rings is 1. The first-order valence-electron chi connectivity index (χ1n) is 10.9. The van der Waals surface area contributed by atoms with Crippen molar-refractivity contribution < 1.29 is 14.1 Å². The topological polar surface area (TPSA) is 79.5 Å². The standard InChI is InChI=1S/C23H32N4O3/c1-17(2)23-24-21(25-30-23)13-15-27(18(3)28)20-12-14-26(16-20)22(29)11-7-10-19-8-5-4-6-9-19/h4-6,8-9,17,20H,7,10-16H2,1-3H3. The van der Waals surface area contributed by atoms with Crippen molar-refractivity contribution >= 4 is 11.8 Å². The van der Waals surface area contributed by atoms with Crippen LogP contribution in [-0.2, 0) is 22.4 Å². The Kier molecular flexibility index (Phi) is 7.60. The minimum absolute atomic E-state index is 0.0194. The quantitative estimate of drug-likeness (QED) is 0.632. The fourth-order valence-corrected chi connectivity index (χ4v) is 3.89. The second kappa shape index (κ2) is 10.4. The zero-order valence-corrected chi connectivity index (χ0v) is 18.2. The second-order valence-electron chi connectivity index (χ2n) is 8.29. The van der Waals surface area contributed by atoms with Gasteiger partial charge in [-0.05, 0) is 24.8 Å². The Morgan fingerprint density at radius 1 is 1.23 bits per heavy atom. The number of nitrogens with zero attached hydrogens (tertiary/aromatic N) is 4. The summed E-state index contributed by atoms with van der Waals surface area (Å²) >= 11 is 0. The fraction of sp³-hybridized carbons (Fsp3) is 0.565. The molecule has 1 aromatic carbocycles. The Hall–Kier alpha value is -2.70.